The monoisotopic (exact) mass is 290 g/mol. The fourth-order valence-corrected chi connectivity index (χ4v) is 2.11. The van der Waals surface area contributed by atoms with E-state index in [2.05, 4.69) is 0 Å². The van der Waals surface area contributed by atoms with Gasteiger partial charge in [0.1, 0.15) is 0 Å². The zero-order valence-corrected chi connectivity index (χ0v) is 12.4. The summed E-state index contributed by atoms with van der Waals surface area (Å²) < 4.78 is 16.1. The van der Waals surface area contributed by atoms with E-state index >= 15 is 0 Å². The van der Waals surface area contributed by atoms with Gasteiger partial charge in [0.2, 0.25) is 0 Å². The first kappa shape index (κ1) is 15.7. The number of carbonyl (C=O) groups excluding carboxylic acids is 1. The van der Waals surface area contributed by atoms with E-state index in [1.54, 1.807) is 13.0 Å². The molecule has 0 radical (unpaired) electrons. The van der Waals surface area contributed by atoms with Gasteiger partial charge in [0.05, 0.1) is 13.2 Å². The molecule has 0 amide bonds. The lowest BCUT2D eigenvalue weighted by atomic mass is 10.1. The van der Waals surface area contributed by atoms with Crippen LogP contribution >= 0.6 is 0 Å². The molecule has 4 nitrogen and oxygen atoms in total. The van der Waals surface area contributed by atoms with Crippen LogP contribution in [0.5, 0.6) is 0 Å². The first-order valence-corrected chi connectivity index (χ1v) is 7.45. The lowest BCUT2D eigenvalue weighted by molar-refractivity contribution is -0.168. The molecule has 1 aliphatic heterocycles. The molecular formula is C17H22O4. The van der Waals surface area contributed by atoms with Crippen molar-refractivity contribution >= 4 is 12.0 Å². The molecule has 1 heterocycles. The Morgan fingerprint density at radius 3 is 2.81 bits per heavy atom. The third kappa shape index (κ3) is 5.69. The van der Waals surface area contributed by atoms with Crippen LogP contribution in [0.3, 0.4) is 0 Å². The van der Waals surface area contributed by atoms with E-state index in [-0.39, 0.29) is 12.3 Å². The van der Waals surface area contributed by atoms with E-state index in [9.17, 15) is 4.79 Å². The van der Waals surface area contributed by atoms with Crippen molar-refractivity contribution in [1.82, 2.24) is 0 Å². The van der Waals surface area contributed by atoms with Crippen LogP contribution in [0.1, 0.15) is 37.3 Å². The number of hydrogen-bond acceptors (Lipinski definition) is 4. The standard InChI is InChI=1S/C17H22O4/c1-2-19-16(18)11-10-14-6-8-15(9-7-14)13-21-17-5-3-4-12-20-17/h6-11,17H,2-5,12-13H2,1H3/b11-10+. The molecule has 21 heavy (non-hydrogen) atoms. The SMILES string of the molecule is CCOC(=O)/C=C/c1ccc(COC2CCCCO2)cc1. The molecule has 1 aliphatic rings. The maximum absolute atomic E-state index is 11.2. The van der Waals surface area contributed by atoms with Gasteiger partial charge in [-0.25, -0.2) is 4.79 Å². The predicted molar refractivity (Wildman–Crippen MR) is 80.5 cm³/mol. The number of ether oxygens (including phenoxy) is 3. The zero-order valence-electron chi connectivity index (χ0n) is 12.4. The quantitative estimate of drug-likeness (QED) is 0.595. The zero-order chi connectivity index (χ0) is 14.9. The van der Waals surface area contributed by atoms with E-state index in [1.807, 2.05) is 24.3 Å². The lowest BCUT2D eigenvalue weighted by Crippen LogP contribution is -2.21. The van der Waals surface area contributed by atoms with Gasteiger partial charge in [-0.05, 0) is 43.4 Å². The van der Waals surface area contributed by atoms with Crippen LogP contribution < -0.4 is 0 Å². The van der Waals surface area contributed by atoms with Gasteiger partial charge in [0.25, 0.3) is 0 Å². The maximum atomic E-state index is 11.2. The van der Waals surface area contributed by atoms with Crippen LogP contribution in [-0.2, 0) is 25.6 Å². The summed E-state index contributed by atoms with van der Waals surface area (Å²) in [5, 5.41) is 0. The van der Waals surface area contributed by atoms with Crippen molar-refractivity contribution in [2.24, 2.45) is 0 Å². The fourth-order valence-electron chi connectivity index (χ4n) is 2.11. The van der Waals surface area contributed by atoms with E-state index in [1.165, 1.54) is 12.5 Å². The molecule has 1 saturated heterocycles. The van der Waals surface area contributed by atoms with Gasteiger partial charge >= 0.3 is 5.97 Å². The van der Waals surface area contributed by atoms with Gasteiger partial charge in [-0.1, -0.05) is 24.3 Å². The van der Waals surface area contributed by atoms with Gasteiger partial charge in [-0.15, -0.1) is 0 Å². The predicted octanol–water partition coefficient (Wildman–Crippen LogP) is 3.31. The van der Waals surface area contributed by atoms with Crippen LogP contribution in [0.2, 0.25) is 0 Å². The first-order valence-electron chi connectivity index (χ1n) is 7.45. The van der Waals surface area contributed by atoms with Crippen LogP contribution in [0.15, 0.2) is 30.3 Å². The molecule has 0 aromatic heterocycles. The Morgan fingerprint density at radius 2 is 2.14 bits per heavy atom. The first-order chi connectivity index (χ1) is 10.3. The van der Waals surface area contributed by atoms with Crippen LogP contribution in [0.25, 0.3) is 6.08 Å². The average molecular weight is 290 g/mol. The highest BCUT2D eigenvalue weighted by Gasteiger charge is 2.13. The fraction of sp³-hybridized carbons (Fsp3) is 0.471. The summed E-state index contributed by atoms with van der Waals surface area (Å²) in [5.41, 5.74) is 2.05. The molecule has 114 valence electrons. The molecule has 4 heteroatoms. The molecule has 0 spiro atoms. The largest absolute Gasteiger partial charge is 0.463 e. The molecular weight excluding hydrogens is 268 g/mol. The Balaban J connectivity index is 1.79. The smallest absolute Gasteiger partial charge is 0.330 e. The van der Waals surface area contributed by atoms with Gasteiger partial charge < -0.3 is 14.2 Å². The summed E-state index contributed by atoms with van der Waals surface area (Å²) in [6.07, 6.45) is 6.38. The highest BCUT2D eigenvalue weighted by molar-refractivity contribution is 5.86. The average Bonchev–Trinajstić information content (AvgIpc) is 2.53. The van der Waals surface area contributed by atoms with Crippen molar-refractivity contribution < 1.29 is 19.0 Å². The van der Waals surface area contributed by atoms with Crippen molar-refractivity contribution in [1.29, 1.82) is 0 Å². The summed E-state index contributed by atoms with van der Waals surface area (Å²) in [4.78, 5) is 11.2. The lowest BCUT2D eigenvalue weighted by Gasteiger charge is -2.22. The second kappa shape index (κ2) is 8.60. The van der Waals surface area contributed by atoms with Crippen LogP contribution in [-0.4, -0.2) is 25.5 Å². The number of hydrogen-bond donors (Lipinski definition) is 0. The van der Waals surface area contributed by atoms with E-state index in [0.717, 1.165) is 30.6 Å². The molecule has 1 aromatic carbocycles. The van der Waals surface area contributed by atoms with E-state index < -0.39 is 0 Å². The Labute approximate surface area is 125 Å². The van der Waals surface area contributed by atoms with Crippen molar-refractivity contribution in [3.8, 4) is 0 Å². The minimum Gasteiger partial charge on any atom is -0.463 e. The number of carbonyl (C=O) groups is 1. The second-order valence-corrected chi connectivity index (χ2v) is 4.93. The van der Waals surface area contributed by atoms with Crippen molar-refractivity contribution in [3.63, 3.8) is 0 Å². The minimum atomic E-state index is -0.320. The third-order valence-electron chi connectivity index (χ3n) is 3.25. The summed E-state index contributed by atoms with van der Waals surface area (Å²) in [6.45, 7) is 3.52. The highest BCUT2D eigenvalue weighted by Crippen LogP contribution is 2.16. The highest BCUT2D eigenvalue weighted by atomic mass is 16.7. The van der Waals surface area contributed by atoms with Crippen LogP contribution in [0.4, 0.5) is 0 Å². The van der Waals surface area contributed by atoms with E-state index in [4.69, 9.17) is 14.2 Å². The molecule has 0 aliphatic carbocycles. The van der Waals surface area contributed by atoms with Gasteiger partial charge in [0.15, 0.2) is 6.29 Å². The molecule has 1 aromatic rings. The molecule has 0 bridgehead atoms. The van der Waals surface area contributed by atoms with Crippen LogP contribution in [0, 0.1) is 0 Å². The molecule has 0 N–H and O–H groups in total. The Hall–Kier alpha value is -1.65. The normalized spacial score (nSPS) is 18.8. The topological polar surface area (TPSA) is 44.8 Å². The summed E-state index contributed by atoms with van der Waals surface area (Å²) >= 11 is 0. The Bertz CT molecular complexity index is 458. The van der Waals surface area contributed by atoms with Gasteiger partial charge in [-0.2, -0.15) is 0 Å². The molecule has 1 atom stereocenters. The maximum Gasteiger partial charge on any atom is 0.330 e. The summed E-state index contributed by atoms with van der Waals surface area (Å²) in [6, 6.07) is 7.90. The summed E-state index contributed by atoms with van der Waals surface area (Å²) in [5.74, 6) is -0.320. The summed E-state index contributed by atoms with van der Waals surface area (Å²) in [7, 11) is 0. The Morgan fingerprint density at radius 1 is 1.33 bits per heavy atom. The molecule has 1 fully saturated rings. The van der Waals surface area contributed by atoms with Crippen molar-refractivity contribution in [2.75, 3.05) is 13.2 Å². The third-order valence-corrected chi connectivity index (χ3v) is 3.25. The number of esters is 1. The number of rotatable bonds is 6. The number of benzene rings is 1. The Kier molecular flexibility index (Phi) is 6.44. The van der Waals surface area contributed by atoms with Gasteiger partial charge in [0, 0.05) is 12.7 Å². The van der Waals surface area contributed by atoms with Gasteiger partial charge in [-0.3, -0.25) is 0 Å². The van der Waals surface area contributed by atoms with Crippen molar-refractivity contribution in [3.05, 3.63) is 41.5 Å². The van der Waals surface area contributed by atoms with Crippen molar-refractivity contribution in [2.45, 2.75) is 39.1 Å². The molecule has 0 saturated carbocycles. The minimum absolute atomic E-state index is 0.0675. The molecule has 2 rings (SSSR count). The second-order valence-electron chi connectivity index (χ2n) is 4.93. The molecule has 1 unspecified atom stereocenters. The van der Waals surface area contributed by atoms with E-state index in [0.29, 0.717) is 13.2 Å².